The van der Waals surface area contributed by atoms with Gasteiger partial charge in [0.15, 0.2) is 0 Å². The van der Waals surface area contributed by atoms with Crippen LogP contribution in [-0.4, -0.2) is 17.9 Å². The van der Waals surface area contributed by atoms with Crippen molar-refractivity contribution in [3.63, 3.8) is 0 Å². The van der Waals surface area contributed by atoms with Gasteiger partial charge in [-0.2, -0.15) is 13.2 Å². The van der Waals surface area contributed by atoms with Crippen LogP contribution in [0.25, 0.3) is 0 Å². The number of rotatable bonds is 5. The van der Waals surface area contributed by atoms with E-state index in [4.69, 9.17) is 5.73 Å². The molecule has 4 nitrogen and oxygen atoms in total. The van der Waals surface area contributed by atoms with Gasteiger partial charge in [0, 0.05) is 0 Å². The molecule has 1 fully saturated rings. The fraction of sp³-hybridized carbons (Fsp3) is 0.529. The Hall–Kier alpha value is -2.05. The van der Waals surface area contributed by atoms with Crippen molar-refractivity contribution >= 4 is 11.8 Å². The molecule has 1 aromatic rings. The molecular formula is C17H21F3N2O2. The molecule has 2 amide bonds. The van der Waals surface area contributed by atoms with Crippen LogP contribution in [-0.2, 0) is 22.2 Å². The van der Waals surface area contributed by atoms with Gasteiger partial charge in [-0.1, -0.05) is 37.5 Å². The van der Waals surface area contributed by atoms with Crippen molar-refractivity contribution < 1.29 is 22.8 Å². The summed E-state index contributed by atoms with van der Waals surface area (Å²) in [7, 11) is 0. The highest BCUT2D eigenvalue weighted by atomic mass is 19.4. The van der Waals surface area contributed by atoms with E-state index in [9.17, 15) is 22.8 Å². The molecule has 0 radical (unpaired) electrons. The molecule has 1 aromatic carbocycles. The number of benzene rings is 1. The lowest BCUT2D eigenvalue weighted by atomic mass is 9.83. The Morgan fingerprint density at radius 2 is 1.88 bits per heavy atom. The average molecular weight is 342 g/mol. The summed E-state index contributed by atoms with van der Waals surface area (Å²) in [5, 5.41) is 2.60. The van der Waals surface area contributed by atoms with Crippen LogP contribution >= 0.6 is 0 Å². The predicted molar refractivity (Wildman–Crippen MR) is 82.8 cm³/mol. The number of amides is 2. The molecule has 1 aliphatic carbocycles. The minimum Gasteiger partial charge on any atom is -0.368 e. The number of hydrogen-bond donors (Lipinski definition) is 2. The first-order chi connectivity index (χ1) is 11.3. The van der Waals surface area contributed by atoms with Crippen molar-refractivity contribution in [3.8, 4) is 0 Å². The van der Waals surface area contributed by atoms with Crippen molar-refractivity contribution in [2.24, 2.45) is 11.7 Å². The highest BCUT2D eigenvalue weighted by Gasteiger charge is 2.31. The number of hydrogen-bond acceptors (Lipinski definition) is 2. The van der Waals surface area contributed by atoms with Crippen LogP contribution in [0.15, 0.2) is 24.3 Å². The van der Waals surface area contributed by atoms with Gasteiger partial charge in [-0.15, -0.1) is 0 Å². The quantitative estimate of drug-likeness (QED) is 0.864. The monoisotopic (exact) mass is 342 g/mol. The number of alkyl halides is 3. The molecule has 1 saturated carbocycles. The highest BCUT2D eigenvalue weighted by molar-refractivity contribution is 5.87. The maximum atomic E-state index is 12.7. The van der Waals surface area contributed by atoms with Crippen molar-refractivity contribution in [1.29, 1.82) is 0 Å². The van der Waals surface area contributed by atoms with E-state index in [1.54, 1.807) is 0 Å². The predicted octanol–water partition coefficient (Wildman–Crippen LogP) is 2.80. The van der Waals surface area contributed by atoms with Gasteiger partial charge in [0.05, 0.1) is 12.0 Å². The summed E-state index contributed by atoms with van der Waals surface area (Å²) in [6, 6.07) is 3.85. The van der Waals surface area contributed by atoms with E-state index in [-0.39, 0.29) is 17.9 Å². The first kappa shape index (κ1) is 18.3. The second-order valence-corrected chi connectivity index (χ2v) is 6.22. The first-order valence-corrected chi connectivity index (χ1v) is 8.02. The second-order valence-electron chi connectivity index (χ2n) is 6.22. The van der Waals surface area contributed by atoms with E-state index in [0.717, 1.165) is 44.2 Å². The van der Waals surface area contributed by atoms with E-state index in [1.165, 1.54) is 12.1 Å². The molecule has 132 valence electrons. The summed E-state index contributed by atoms with van der Waals surface area (Å²) in [6.07, 6.45) is 0.0235. The molecule has 0 saturated heterocycles. The minimum absolute atomic E-state index is 0.00158. The molecule has 2 rings (SSSR count). The first-order valence-electron chi connectivity index (χ1n) is 8.02. The SMILES string of the molecule is NC(=O)[C@H](NC(=O)Cc1cccc(C(F)(F)F)c1)C1CCCCC1. The zero-order chi connectivity index (χ0) is 17.7. The molecule has 0 unspecified atom stereocenters. The van der Waals surface area contributed by atoms with Gasteiger partial charge in [-0.25, -0.2) is 0 Å². The third-order valence-corrected chi connectivity index (χ3v) is 4.36. The van der Waals surface area contributed by atoms with Gasteiger partial charge < -0.3 is 11.1 Å². The Kier molecular flexibility index (Phi) is 5.85. The summed E-state index contributed by atoms with van der Waals surface area (Å²) >= 11 is 0. The van der Waals surface area contributed by atoms with Gasteiger partial charge >= 0.3 is 6.18 Å². The molecule has 0 bridgehead atoms. The Labute approximate surface area is 138 Å². The van der Waals surface area contributed by atoms with E-state index in [1.807, 2.05) is 0 Å². The van der Waals surface area contributed by atoms with E-state index in [2.05, 4.69) is 5.32 Å². The zero-order valence-corrected chi connectivity index (χ0v) is 13.2. The van der Waals surface area contributed by atoms with E-state index >= 15 is 0 Å². The van der Waals surface area contributed by atoms with Crippen LogP contribution in [0.5, 0.6) is 0 Å². The van der Waals surface area contributed by atoms with E-state index < -0.39 is 29.6 Å². The number of halogens is 3. The molecule has 3 N–H and O–H groups in total. The Morgan fingerprint density at radius 1 is 1.21 bits per heavy atom. The van der Waals surface area contributed by atoms with Gasteiger partial charge in [-0.05, 0) is 30.4 Å². The fourth-order valence-corrected chi connectivity index (χ4v) is 3.16. The number of primary amides is 1. The van der Waals surface area contributed by atoms with Gasteiger partial charge in [0.2, 0.25) is 11.8 Å². The largest absolute Gasteiger partial charge is 0.416 e. The van der Waals surface area contributed by atoms with Crippen LogP contribution in [0.4, 0.5) is 13.2 Å². The van der Waals surface area contributed by atoms with Crippen LogP contribution < -0.4 is 11.1 Å². The Balaban J connectivity index is 2.02. The van der Waals surface area contributed by atoms with Crippen molar-refractivity contribution in [2.45, 2.75) is 50.7 Å². The molecule has 7 heteroatoms. The van der Waals surface area contributed by atoms with Gasteiger partial charge in [-0.3, -0.25) is 9.59 Å². The number of nitrogens with one attached hydrogen (secondary N) is 1. The molecule has 24 heavy (non-hydrogen) atoms. The zero-order valence-electron chi connectivity index (χ0n) is 13.2. The molecule has 0 aromatic heterocycles. The lowest BCUT2D eigenvalue weighted by Gasteiger charge is -2.28. The number of carbonyl (C=O) groups excluding carboxylic acids is 2. The maximum Gasteiger partial charge on any atom is 0.416 e. The standard InChI is InChI=1S/C17H21F3N2O2/c18-17(19,20)13-8-4-5-11(9-13)10-14(23)22-15(16(21)24)12-6-2-1-3-7-12/h4-5,8-9,12,15H,1-3,6-7,10H2,(H2,21,24)(H,22,23)/t15-/m1/s1. The second kappa shape index (κ2) is 7.68. The third-order valence-electron chi connectivity index (χ3n) is 4.36. The molecule has 0 heterocycles. The molecular weight excluding hydrogens is 321 g/mol. The summed E-state index contributed by atoms with van der Waals surface area (Å²) < 4.78 is 38.1. The summed E-state index contributed by atoms with van der Waals surface area (Å²) in [5.41, 5.74) is 4.83. The number of carbonyl (C=O) groups is 2. The van der Waals surface area contributed by atoms with Crippen LogP contribution in [0, 0.1) is 5.92 Å². The van der Waals surface area contributed by atoms with Crippen LogP contribution in [0.1, 0.15) is 43.2 Å². The van der Waals surface area contributed by atoms with Crippen molar-refractivity contribution in [1.82, 2.24) is 5.32 Å². The van der Waals surface area contributed by atoms with Gasteiger partial charge in [0.1, 0.15) is 6.04 Å². The molecule has 1 aliphatic rings. The average Bonchev–Trinajstić information content (AvgIpc) is 2.52. The Bertz CT molecular complexity index is 596. The van der Waals surface area contributed by atoms with E-state index in [0.29, 0.717) is 0 Å². The maximum absolute atomic E-state index is 12.7. The highest BCUT2D eigenvalue weighted by Crippen LogP contribution is 2.30. The summed E-state index contributed by atoms with van der Waals surface area (Å²) in [5.74, 6) is -1.09. The minimum atomic E-state index is -4.45. The lowest BCUT2D eigenvalue weighted by Crippen LogP contribution is -2.50. The van der Waals surface area contributed by atoms with Gasteiger partial charge in [0.25, 0.3) is 0 Å². The number of nitrogens with two attached hydrogens (primary N) is 1. The lowest BCUT2D eigenvalue weighted by molar-refractivity contribution is -0.137. The third kappa shape index (κ3) is 4.97. The Morgan fingerprint density at radius 3 is 2.46 bits per heavy atom. The molecule has 1 atom stereocenters. The normalized spacial score (nSPS) is 17.3. The van der Waals surface area contributed by atoms with Crippen molar-refractivity contribution in [2.75, 3.05) is 0 Å². The van der Waals surface area contributed by atoms with Crippen LogP contribution in [0.3, 0.4) is 0 Å². The van der Waals surface area contributed by atoms with Crippen molar-refractivity contribution in [3.05, 3.63) is 35.4 Å². The van der Waals surface area contributed by atoms with Crippen LogP contribution in [0.2, 0.25) is 0 Å². The molecule has 0 aliphatic heterocycles. The topological polar surface area (TPSA) is 72.2 Å². The smallest absolute Gasteiger partial charge is 0.368 e. The fourth-order valence-electron chi connectivity index (χ4n) is 3.16. The summed E-state index contributed by atoms with van der Waals surface area (Å²) in [6.45, 7) is 0. The molecule has 0 spiro atoms. The summed E-state index contributed by atoms with van der Waals surface area (Å²) in [4.78, 5) is 23.8.